The zero-order valence-electron chi connectivity index (χ0n) is 12.2. The average Bonchev–Trinajstić information content (AvgIpc) is 2.96. The largest absolute Gasteiger partial charge is 0.502 e. The number of H-pyrrole nitrogens is 1. The third-order valence-corrected chi connectivity index (χ3v) is 3.88. The second-order valence-corrected chi connectivity index (χ2v) is 5.20. The molecule has 22 heavy (non-hydrogen) atoms. The third kappa shape index (κ3) is 2.29. The van der Waals surface area contributed by atoms with Gasteiger partial charge in [0.1, 0.15) is 12.4 Å². The van der Waals surface area contributed by atoms with Gasteiger partial charge in [0.05, 0.1) is 0 Å². The van der Waals surface area contributed by atoms with Crippen molar-refractivity contribution in [3.63, 3.8) is 0 Å². The molecule has 0 bridgehead atoms. The maximum Gasteiger partial charge on any atom is 0.227 e. The zero-order chi connectivity index (χ0) is 15.7. The topological polar surface area (TPSA) is 86.5 Å². The number of benzene rings is 1. The minimum atomic E-state index is -0.538. The number of rotatable bonds is 4. The number of para-hydroxylation sites is 1. The van der Waals surface area contributed by atoms with Crippen molar-refractivity contribution >= 4 is 10.9 Å². The molecule has 2 heterocycles. The Balaban J connectivity index is 2.20. The highest BCUT2D eigenvalue weighted by Crippen LogP contribution is 2.36. The quantitative estimate of drug-likeness (QED) is 0.691. The van der Waals surface area contributed by atoms with Crippen LogP contribution in [0.15, 0.2) is 45.7 Å². The number of fused-ring (bicyclic) bond motifs is 1. The van der Waals surface area contributed by atoms with Crippen molar-refractivity contribution in [2.75, 3.05) is 0 Å². The lowest BCUT2D eigenvalue weighted by atomic mass is 9.92. The molecule has 3 aromatic rings. The van der Waals surface area contributed by atoms with E-state index >= 15 is 0 Å². The van der Waals surface area contributed by atoms with E-state index in [9.17, 15) is 15.0 Å². The minimum absolute atomic E-state index is 0.149. The summed E-state index contributed by atoms with van der Waals surface area (Å²) >= 11 is 0. The first-order chi connectivity index (χ1) is 10.7. The fourth-order valence-electron chi connectivity index (χ4n) is 2.80. The van der Waals surface area contributed by atoms with Gasteiger partial charge in [-0.3, -0.25) is 4.79 Å². The molecule has 0 radical (unpaired) electrons. The molecule has 0 aliphatic rings. The van der Waals surface area contributed by atoms with Crippen LogP contribution in [0.1, 0.15) is 36.3 Å². The van der Waals surface area contributed by atoms with E-state index in [1.54, 1.807) is 0 Å². The summed E-state index contributed by atoms with van der Waals surface area (Å²) in [4.78, 5) is 15.0. The fraction of sp³-hybridized carbons (Fsp3) is 0.235. The summed E-state index contributed by atoms with van der Waals surface area (Å²) < 4.78 is 5.55. The predicted molar refractivity (Wildman–Crippen MR) is 83.0 cm³/mol. The highest BCUT2D eigenvalue weighted by molar-refractivity contribution is 5.84. The Morgan fingerprint density at radius 3 is 2.82 bits per heavy atom. The molecule has 5 heteroatoms. The van der Waals surface area contributed by atoms with Crippen LogP contribution in [-0.2, 0) is 6.61 Å². The summed E-state index contributed by atoms with van der Waals surface area (Å²) in [6, 6.07) is 8.93. The first-order valence-electron chi connectivity index (χ1n) is 7.18. The smallest absolute Gasteiger partial charge is 0.227 e. The first kappa shape index (κ1) is 14.4. The van der Waals surface area contributed by atoms with Crippen LogP contribution in [0.25, 0.3) is 10.9 Å². The van der Waals surface area contributed by atoms with Gasteiger partial charge in [0.2, 0.25) is 11.2 Å². The Morgan fingerprint density at radius 1 is 1.32 bits per heavy atom. The Kier molecular flexibility index (Phi) is 3.73. The van der Waals surface area contributed by atoms with Crippen LogP contribution in [0.5, 0.6) is 5.75 Å². The number of aromatic amines is 1. The van der Waals surface area contributed by atoms with E-state index in [1.165, 1.54) is 0 Å². The molecule has 0 spiro atoms. The zero-order valence-corrected chi connectivity index (χ0v) is 12.2. The van der Waals surface area contributed by atoms with Crippen molar-refractivity contribution < 1.29 is 14.6 Å². The highest BCUT2D eigenvalue weighted by Gasteiger charge is 2.24. The van der Waals surface area contributed by atoms with Crippen LogP contribution in [0, 0.1) is 0 Å². The first-order valence-corrected chi connectivity index (χ1v) is 7.18. The molecule has 3 rings (SSSR count). The molecule has 0 saturated carbocycles. The van der Waals surface area contributed by atoms with E-state index in [2.05, 4.69) is 4.98 Å². The van der Waals surface area contributed by atoms with Crippen LogP contribution in [0.3, 0.4) is 0 Å². The van der Waals surface area contributed by atoms with Gasteiger partial charge in [-0.05, 0) is 18.1 Å². The predicted octanol–water partition coefficient (Wildman–Crippen LogP) is 2.86. The molecule has 0 amide bonds. The number of aliphatic hydroxyl groups excluding tert-OH is 1. The van der Waals surface area contributed by atoms with Gasteiger partial charge in [-0.1, -0.05) is 25.1 Å². The van der Waals surface area contributed by atoms with Crippen LogP contribution in [-0.4, -0.2) is 15.2 Å². The molecular formula is C17H17NO4. The molecular weight excluding hydrogens is 282 g/mol. The summed E-state index contributed by atoms with van der Waals surface area (Å²) in [6.45, 7) is 1.57. The van der Waals surface area contributed by atoms with Crippen LogP contribution in [0.4, 0.5) is 0 Å². The minimum Gasteiger partial charge on any atom is -0.502 e. The molecule has 0 saturated heterocycles. The van der Waals surface area contributed by atoms with Crippen molar-refractivity contribution in [1.29, 1.82) is 0 Å². The van der Waals surface area contributed by atoms with Crippen molar-refractivity contribution in [1.82, 2.24) is 4.98 Å². The van der Waals surface area contributed by atoms with E-state index in [0.29, 0.717) is 6.42 Å². The van der Waals surface area contributed by atoms with E-state index in [1.807, 2.05) is 37.4 Å². The molecule has 114 valence electrons. The molecule has 2 aromatic heterocycles. The van der Waals surface area contributed by atoms with Gasteiger partial charge in [-0.2, -0.15) is 0 Å². The molecule has 0 aliphatic carbocycles. The number of hydrogen-bond donors (Lipinski definition) is 3. The van der Waals surface area contributed by atoms with Crippen LogP contribution >= 0.6 is 0 Å². The Hall–Kier alpha value is -2.53. The van der Waals surface area contributed by atoms with Crippen molar-refractivity contribution in [3.8, 4) is 5.75 Å². The van der Waals surface area contributed by atoms with Crippen molar-refractivity contribution in [2.45, 2.75) is 25.9 Å². The fourth-order valence-corrected chi connectivity index (χ4v) is 2.80. The van der Waals surface area contributed by atoms with Gasteiger partial charge in [0.15, 0.2) is 5.76 Å². The molecule has 1 aromatic carbocycles. The average molecular weight is 299 g/mol. The van der Waals surface area contributed by atoms with Gasteiger partial charge >= 0.3 is 0 Å². The van der Waals surface area contributed by atoms with Gasteiger partial charge in [0, 0.05) is 29.1 Å². The summed E-state index contributed by atoms with van der Waals surface area (Å²) in [6.07, 6.45) is 2.51. The Morgan fingerprint density at radius 2 is 2.09 bits per heavy atom. The lowest BCUT2D eigenvalue weighted by Gasteiger charge is -2.15. The lowest BCUT2D eigenvalue weighted by Crippen LogP contribution is -2.09. The lowest BCUT2D eigenvalue weighted by molar-refractivity contribution is 0.233. The number of aromatic nitrogens is 1. The second-order valence-electron chi connectivity index (χ2n) is 5.20. The molecule has 0 aliphatic heterocycles. The van der Waals surface area contributed by atoms with Gasteiger partial charge in [0.25, 0.3) is 0 Å². The van der Waals surface area contributed by atoms with Crippen molar-refractivity contribution in [3.05, 3.63) is 63.8 Å². The van der Waals surface area contributed by atoms with Crippen LogP contribution in [0.2, 0.25) is 0 Å². The number of hydrogen-bond acceptors (Lipinski definition) is 4. The van der Waals surface area contributed by atoms with Gasteiger partial charge in [-0.25, -0.2) is 0 Å². The van der Waals surface area contributed by atoms with E-state index in [0.717, 1.165) is 22.5 Å². The van der Waals surface area contributed by atoms with E-state index in [4.69, 9.17) is 4.42 Å². The third-order valence-electron chi connectivity index (χ3n) is 3.88. The molecule has 3 N–H and O–H groups in total. The SMILES string of the molecule is CCC(c1oc(CO)cc(=O)c1O)c1c[nH]c2ccccc12. The van der Waals surface area contributed by atoms with E-state index < -0.39 is 11.2 Å². The Bertz CT molecular complexity index is 862. The highest BCUT2D eigenvalue weighted by atomic mass is 16.4. The maximum absolute atomic E-state index is 11.8. The Labute approximate surface area is 126 Å². The van der Waals surface area contributed by atoms with Crippen LogP contribution < -0.4 is 5.43 Å². The summed E-state index contributed by atoms with van der Waals surface area (Å²) in [7, 11) is 0. The molecule has 1 unspecified atom stereocenters. The van der Waals surface area contributed by atoms with E-state index in [-0.39, 0.29) is 24.0 Å². The standard InChI is InChI=1S/C17H17NO4/c1-2-11(13-8-18-14-6-4-3-5-12(13)14)17-16(21)15(20)7-10(9-19)22-17/h3-8,11,18-19,21H,2,9H2,1H3. The summed E-state index contributed by atoms with van der Waals surface area (Å²) in [5, 5.41) is 20.3. The number of aliphatic hydroxyl groups is 1. The number of nitrogens with one attached hydrogen (secondary N) is 1. The summed E-state index contributed by atoms with van der Waals surface area (Å²) in [5.74, 6) is -0.315. The van der Waals surface area contributed by atoms with Crippen molar-refractivity contribution in [2.24, 2.45) is 0 Å². The molecule has 1 atom stereocenters. The second kappa shape index (κ2) is 5.69. The summed E-state index contributed by atoms with van der Waals surface area (Å²) in [5.41, 5.74) is 1.39. The van der Waals surface area contributed by atoms with Gasteiger partial charge in [-0.15, -0.1) is 0 Å². The normalized spacial score (nSPS) is 12.6. The maximum atomic E-state index is 11.8. The monoisotopic (exact) mass is 299 g/mol. The van der Waals surface area contributed by atoms with Gasteiger partial charge < -0.3 is 19.6 Å². The molecule has 5 nitrogen and oxygen atoms in total. The molecule has 0 fully saturated rings. The number of aromatic hydroxyl groups is 1.